The van der Waals surface area contributed by atoms with Gasteiger partial charge in [-0.1, -0.05) is 18.2 Å². The maximum Gasteiger partial charge on any atom is 0.235 e. The largest absolute Gasteiger partial charge is 0.507 e. The smallest absolute Gasteiger partial charge is 0.235 e. The van der Waals surface area contributed by atoms with Gasteiger partial charge in [-0.15, -0.1) is 0 Å². The molecule has 3 fully saturated rings. The first-order chi connectivity index (χ1) is 18.5. The highest BCUT2D eigenvalue weighted by Gasteiger charge is 2.69. The van der Waals surface area contributed by atoms with E-state index >= 15 is 0 Å². The van der Waals surface area contributed by atoms with E-state index in [-0.39, 0.29) is 24.2 Å². The van der Waals surface area contributed by atoms with E-state index in [1.807, 2.05) is 18.2 Å². The van der Waals surface area contributed by atoms with Crippen molar-refractivity contribution in [2.75, 3.05) is 27.2 Å². The van der Waals surface area contributed by atoms with Crippen LogP contribution in [0.1, 0.15) is 34.3 Å². The molecule has 0 spiro atoms. The fraction of sp³-hybridized carbons (Fsp3) is 0.483. The molecule has 0 bridgehead atoms. The van der Waals surface area contributed by atoms with E-state index in [2.05, 4.69) is 4.90 Å². The number of carbonyl (C=O) groups is 5. The minimum atomic E-state index is -2.71. The van der Waals surface area contributed by atoms with Gasteiger partial charge >= 0.3 is 0 Å². The number of phenols is 1. The van der Waals surface area contributed by atoms with Gasteiger partial charge in [0.05, 0.1) is 17.5 Å². The van der Waals surface area contributed by atoms with Gasteiger partial charge in [-0.25, -0.2) is 0 Å². The minimum absolute atomic E-state index is 0.0233. The van der Waals surface area contributed by atoms with Crippen LogP contribution in [0.5, 0.6) is 5.75 Å². The van der Waals surface area contributed by atoms with Crippen LogP contribution in [0.3, 0.4) is 0 Å². The molecule has 1 saturated heterocycles. The third-order valence-electron chi connectivity index (χ3n) is 9.34. The van der Waals surface area contributed by atoms with Gasteiger partial charge in [-0.05, 0) is 74.9 Å². The van der Waals surface area contributed by atoms with E-state index in [1.165, 1.54) is 4.90 Å². The number of phenolic OH excluding ortho intramolecular Hbond substituents is 1. The minimum Gasteiger partial charge on any atom is -0.507 e. The van der Waals surface area contributed by atoms with Crippen LogP contribution < -0.4 is 5.73 Å². The number of rotatable bonds is 4. The Bertz CT molecular complexity index is 1480. The second kappa shape index (κ2) is 8.77. The predicted octanol–water partition coefficient (Wildman–Crippen LogP) is 0.226. The van der Waals surface area contributed by atoms with Crippen LogP contribution in [0.25, 0.3) is 10.8 Å². The summed E-state index contributed by atoms with van der Waals surface area (Å²) in [5, 5.41) is 24.3. The molecule has 2 aromatic carbocycles. The molecule has 39 heavy (non-hydrogen) atoms. The number of aromatic hydroxyl groups is 1. The average Bonchev–Trinajstić information content (AvgIpc) is 2.83. The number of hydrogen-bond acceptors (Lipinski definition) is 9. The summed E-state index contributed by atoms with van der Waals surface area (Å²) >= 11 is 0. The lowest BCUT2D eigenvalue weighted by atomic mass is 9.52. The number of Topliss-reactive ketones (excluding diaryl/α,β-unsaturated/α-hetero) is 4. The Morgan fingerprint density at radius 2 is 1.85 bits per heavy atom. The quantitative estimate of drug-likeness (QED) is 0.468. The van der Waals surface area contributed by atoms with Crippen LogP contribution in [0, 0.1) is 23.7 Å². The molecule has 0 radical (unpaired) electrons. The number of benzene rings is 2. The summed E-state index contributed by atoms with van der Waals surface area (Å²) in [5.41, 5.74) is 4.30. The van der Waals surface area contributed by atoms with Gasteiger partial charge in [0, 0.05) is 17.8 Å². The Morgan fingerprint density at radius 3 is 2.46 bits per heavy atom. The lowest BCUT2D eigenvalue weighted by Gasteiger charge is -2.52. The fourth-order valence-corrected chi connectivity index (χ4v) is 7.38. The van der Waals surface area contributed by atoms with E-state index in [0.717, 1.165) is 37.0 Å². The Hall–Kier alpha value is -3.47. The molecule has 6 rings (SSSR count). The number of nitrogens with two attached hydrogens (primary N) is 1. The zero-order valence-electron chi connectivity index (χ0n) is 21.8. The molecule has 1 heterocycles. The van der Waals surface area contributed by atoms with Crippen molar-refractivity contribution in [2.45, 2.75) is 37.5 Å². The molecular weight excluding hydrogens is 502 g/mol. The molecule has 0 aromatic heterocycles. The van der Waals surface area contributed by atoms with Crippen molar-refractivity contribution in [1.82, 2.24) is 9.80 Å². The van der Waals surface area contributed by atoms with Gasteiger partial charge in [0.25, 0.3) is 0 Å². The van der Waals surface area contributed by atoms with E-state index in [4.69, 9.17) is 5.73 Å². The first-order valence-electron chi connectivity index (χ1n) is 13.3. The van der Waals surface area contributed by atoms with E-state index in [1.54, 1.807) is 20.2 Å². The Balaban J connectivity index is 1.46. The monoisotopic (exact) mass is 533 g/mol. The summed E-state index contributed by atoms with van der Waals surface area (Å²) in [6.45, 7) is 2.73. The highest BCUT2D eigenvalue weighted by atomic mass is 16.3. The number of primary amides is 1. The molecule has 2 aromatic rings. The molecule has 2 saturated carbocycles. The molecule has 4 aliphatic rings. The summed E-state index contributed by atoms with van der Waals surface area (Å²) in [5.74, 6) is -10.2. The first kappa shape index (κ1) is 25.8. The zero-order valence-corrected chi connectivity index (χ0v) is 21.8. The van der Waals surface area contributed by atoms with Crippen LogP contribution in [0.15, 0.2) is 24.3 Å². The predicted molar refractivity (Wildman–Crippen MR) is 139 cm³/mol. The molecule has 10 heteroatoms. The molecule has 204 valence electrons. The third kappa shape index (κ3) is 3.48. The van der Waals surface area contributed by atoms with Gasteiger partial charge in [-0.3, -0.25) is 33.8 Å². The maximum absolute atomic E-state index is 13.9. The molecule has 10 nitrogen and oxygen atoms in total. The van der Waals surface area contributed by atoms with Crippen LogP contribution in [0.2, 0.25) is 0 Å². The van der Waals surface area contributed by atoms with Gasteiger partial charge < -0.3 is 15.9 Å². The number of aliphatic hydroxyl groups is 1. The molecule has 1 aliphatic heterocycles. The topological polar surface area (TPSA) is 158 Å². The summed E-state index contributed by atoms with van der Waals surface area (Å²) in [7, 11) is 3.14. The van der Waals surface area contributed by atoms with Crippen molar-refractivity contribution in [3.05, 3.63) is 41.0 Å². The van der Waals surface area contributed by atoms with E-state index in [9.17, 15) is 34.2 Å². The lowest BCUT2D eigenvalue weighted by Crippen LogP contribution is -2.74. The molecular formula is C29H31N3O7. The SMILES string of the molecule is CN(C)[C@@H]1C(=O)C(C(N)=O)C(=O)[C@@]2(O)C(=O)C3C(=O)c4c(cc5c(CN6CCC6)cccc5c4O)C[C@H]3C[C@@H]12. The molecule has 3 aliphatic carbocycles. The number of fused-ring (bicyclic) bond motifs is 4. The number of likely N-dealkylation sites (tertiary alicyclic amines) is 1. The van der Waals surface area contributed by atoms with Crippen molar-refractivity contribution in [3.8, 4) is 5.75 Å². The summed E-state index contributed by atoms with van der Waals surface area (Å²) in [4.78, 5) is 70.2. The zero-order chi connectivity index (χ0) is 28.0. The third-order valence-corrected chi connectivity index (χ3v) is 9.34. The van der Waals surface area contributed by atoms with Gasteiger partial charge in [0.15, 0.2) is 34.7 Å². The van der Waals surface area contributed by atoms with Crippen molar-refractivity contribution in [2.24, 2.45) is 29.4 Å². The molecule has 1 amide bonds. The standard InChI is InChI=1S/C29H31N3O7/c1-31(2)22-18-11-15-9-14-10-17-13(12-32-7-4-8-32)5-3-6-16(17)23(33)19(14)24(34)20(15)26(36)29(18,39)27(37)21(25(22)35)28(30)38/h3,5-6,10,15,18,20-22,33,39H,4,7-9,11-12H2,1-2H3,(H2,30,38)/t15-,18-,20?,21?,22-,29-/m0/s1. The number of nitrogens with zero attached hydrogens (tertiary/aromatic N) is 2. The van der Waals surface area contributed by atoms with Crippen LogP contribution >= 0.6 is 0 Å². The number of ketones is 4. The van der Waals surface area contributed by atoms with Crippen LogP contribution in [-0.4, -0.2) is 87.9 Å². The number of hydrogen-bond donors (Lipinski definition) is 3. The Morgan fingerprint density at radius 1 is 1.13 bits per heavy atom. The van der Waals surface area contributed by atoms with Crippen molar-refractivity contribution in [1.29, 1.82) is 0 Å². The van der Waals surface area contributed by atoms with Crippen molar-refractivity contribution < 1.29 is 34.2 Å². The number of carbonyl (C=O) groups excluding carboxylic acids is 5. The van der Waals surface area contributed by atoms with Gasteiger partial charge in [-0.2, -0.15) is 0 Å². The maximum atomic E-state index is 13.9. The summed E-state index contributed by atoms with van der Waals surface area (Å²) in [6.07, 6.45) is 1.44. The molecule has 6 atom stereocenters. The molecule has 2 unspecified atom stereocenters. The number of amides is 1. The number of likely N-dealkylation sites (N-methyl/N-ethyl adjacent to an activating group) is 1. The Kier molecular flexibility index (Phi) is 5.80. The summed E-state index contributed by atoms with van der Waals surface area (Å²) in [6, 6.07) is 6.34. The Labute approximate surface area is 224 Å². The van der Waals surface area contributed by atoms with E-state index in [0.29, 0.717) is 10.9 Å². The van der Waals surface area contributed by atoms with Crippen molar-refractivity contribution in [3.63, 3.8) is 0 Å². The fourth-order valence-electron chi connectivity index (χ4n) is 7.38. The van der Waals surface area contributed by atoms with Crippen LogP contribution in [0.4, 0.5) is 0 Å². The highest BCUT2D eigenvalue weighted by molar-refractivity contribution is 6.32. The van der Waals surface area contributed by atoms with Crippen LogP contribution in [-0.2, 0) is 32.1 Å². The second-order valence-corrected chi connectivity index (χ2v) is 11.7. The lowest BCUT2D eigenvalue weighted by molar-refractivity contribution is -0.181. The van der Waals surface area contributed by atoms with Gasteiger partial charge in [0.1, 0.15) is 5.75 Å². The molecule has 4 N–H and O–H groups in total. The normalized spacial score (nSPS) is 32.6. The average molecular weight is 534 g/mol. The second-order valence-electron chi connectivity index (χ2n) is 11.7. The highest BCUT2D eigenvalue weighted by Crippen LogP contribution is 2.51. The summed E-state index contributed by atoms with van der Waals surface area (Å²) < 4.78 is 0. The first-order valence-corrected chi connectivity index (χ1v) is 13.3. The van der Waals surface area contributed by atoms with Gasteiger partial charge in [0.2, 0.25) is 5.91 Å². The van der Waals surface area contributed by atoms with Crippen molar-refractivity contribution >= 4 is 39.8 Å². The van der Waals surface area contributed by atoms with E-state index < -0.39 is 64.4 Å².